The molecule has 0 unspecified atom stereocenters. The molecule has 4 heteroatoms. The number of aromatic nitrogens is 1. The van der Waals surface area contributed by atoms with Crippen LogP contribution < -0.4 is 0 Å². The van der Waals surface area contributed by atoms with Crippen molar-refractivity contribution in [1.82, 2.24) is 4.98 Å². The predicted octanol–water partition coefficient (Wildman–Crippen LogP) is 3.52. The van der Waals surface area contributed by atoms with Crippen molar-refractivity contribution in [3.63, 3.8) is 0 Å². The summed E-state index contributed by atoms with van der Waals surface area (Å²) in [7, 11) is 0. The molecule has 0 amide bonds. The zero-order valence-corrected chi connectivity index (χ0v) is 9.58. The summed E-state index contributed by atoms with van der Waals surface area (Å²) in [4.78, 5) is 4.29. The Morgan fingerprint density at radius 3 is 2.00 bits per heavy atom. The molecule has 11 heavy (non-hydrogen) atoms. The topological polar surface area (TPSA) is 12.9 Å². The number of rotatable bonds is 2. The van der Waals surface area contributed by atoms with Crippen LogP contribution in [-0.4, -0.2) is 4.98 Å². The van der Waals surface area contributed by atoms with E-state index in [9.17, 15) is 0 Å². The molecule has 0 saturated carbocycles. The minimum atomic E-state index is 0.740. The van der Waals surface area contributed by atoms with Crippen molar-refractivity contribution in [2.75, 3.05) is 0 Å². The summed E-state index contributed by atoms with van der Waals surface area (Å²) < 4.78 is 0. The van der Waals surface area contributed by atoms with Crippen molar-refractivity contribution < 1.29 is 0 Å². The van der Waals surface area contributed by atoms with Crippen LogP contribution in [0.15, 0.2) is 12.1 Å². The van der Waals surface area contributed by atoms with Gasteiger partial charge in [-0.25, -0.2) is 0 Å². The Morgan fingerprint density at radius 1 is 1.18 bits per heavy atom. The van der Waals surface area contributed by atoms with Crippen LogP contribution in [0.5, 0.6) is 0 Å². The van der Waals surface area contributed by atoms with Crippen LogP contribution in [0.4, 0.5) is 0 Å². The van der Waals surface area contributed by atoms with Crippen LogP contribution in [0.2, 0.25) is 5.02 Å². The number of halogens is 3. The van der Waals surface area contributed by atoms with Crippen molar-refractivity contribution >= 4 is 43.5 Å². The van der Waals surface area contributed by atoms with Gasteiger partial charge in [-0.1, -0.05) is 43.5 Å². The van der Waals surface area contributed by atoms with E-state index < -0.39 is 0 Å². The molecule has 0 saturated heterocycles. The third kappa shape index (κ3) is 2.73. The molecule has 0 radical (unpaired) electrons. The molecule has 1 aromatic rings. The van der Waals surface area contributed by atoms with Crippen LogP contribution in [0.3, 0.4) is 0 Å². The van der Waals surface area contributed by atoms with Gasteiger partial charge >= 0.3 is 0 Å². The average molecular weight is 299 g/mol. The van der Waals surface area contributed by atoms with Gasteiger partial charge in [-0.2, -0.15) is 0 Å². The van der Waals surface area contributed by atoms with Crippen LogP contribution in [-0.2, 0) is 10.7 Å². The first-order valence-electron chi connectivity index (χ1n) is 3.03. The molecule has 0 fully saturated rings. The quantitative estimate of drug-likeness (QED) is 0.761. The van der Waals surface area contributed by atoms with Crippen molar-refractivity contribution in [2.24, 2.45) is 0 Å². The summed E-state index contributed by atoms with van der Waals surface area (Å²) in [5.74, 6) is 0. The standard InChI is InChI=1S/C7H6Br2ClN/c8-3-6-1-5(10)2-7(4-9)11-6/h1-2H,3-4H2. The predicted molar refractivity (Wildman–Crippen MR) is 54.5 cm³/mol. The van der Waals surface area contributed by atoms with Crippen molar-refractivity contribution in [3.8, 4) is 0 Å². The lowest BCUT2D eigenvalue weighted by atomic mass is 10.3. The highest BCUT2D eigenvalue weighted by Gasteiger charge is 1.98. The maximum Gasteiger partial charge on any atom is 0.0527 e. The summed E-state index contributed by atoms with van der Waals surface area (Å²) in [6.45, 7) is 0. The summed E-state index contributed by atoms with van der Waals surface area (Å²) in [6, 6.07) is 3.70. The molecule has 0 N–H and O–H groups in total. The Morgan fingerprint density at radius 2 is 1.64 bits per heavy atom. The molecule has 0 aromatic carbocycles. The minimum absolute atomic E-state index is 0.740. The van der Waals surface area contributed by atoms with Gasteiger partial charge < -0.3 is 0 Å². The fourth-order valence-corrected chi connectivity index (χ4v) is 1.57. The minimum Gasteiger partial charge on any atom is -0.256 e. The molecule has 0 spiro atoms. The van der Waals surface area contributed by atoms with Crippen LogP contribution >= 0.6 is 43.5 Å². The Balaban J connectivity index is 3.02. The number of pyridine rings is 1. The van der Waals surface area contributed by atoms with Crippen molar-refractivity contribution in [3.05, 3.63) is 28.5 Å². The fourth-order valence-electron chi connectivity index (χ4n) is 0.746. The molecular formula is C7H6Br2ClN. The van der Waals surface area contributed by atoms with Gasteiger partial charge in [0.2, 0.25) is 0 Å². The number of hydrogen-bond donors (Lipinski definition) is 0. The molecule has 1 aromatic heterocycles. The summed E-state index contributed by atoms with van der Waals surface area (Å²) in [6.07, 6.45) is 0. The number of nitrogens with zero attached hydrogens (tertiary/aromatic N) is 1. The number of hydrogen-bond acceptors (Lipinski definition) is 1. The van der Waals surface area contributed by atoms with Gasteiger partial charge in [-0.15, -0.1) is 0 Å². The third-order valence-electron chi connectivity index (χ3n) is 1.17. The number of alkyl halides is 2. The van der Waals surface area contributed by atoms with E-state index in [1.165, 1.54) is 0 Å². The second-order valence-corrected chi connectivity index (χ2v) is 3.59. The normalized spacial score (nSPS) is 10.1. The fraction of sp³-hybridized carbons (Fsp3) is 0.286. The van der Waals surface area contributed by atoms with E-state index in [4.69, 9.17) is 11.6 Å². The van der Waals surface area contributed by atoms with Gasteiger partial charge in [0, 0.05) is 15.7 Å². The van der Waals surface area contributed by atoms with Gasteiger partial charge in [0.05, 0.1) is 11.4 Å². The lowest BCUT2D eigenvalue weighted by Gasteiger charge is -1.99. The molecule has 0 bridgehead atoms. The molecule has 60 valence electrons. The van der Waals surface area contributed by atoms with Crippen LogP contribution in [0, 0.1) is 0 Å². The van der Waals surface area contributed by atoms with Crippen molar-refractivity contribution in [2.45, 2.75) is 10.7 Å². The SMILES string of the molecule is Clc1cc(CBr)nc(CBr)c1. The average Bonchev–Trinajstić information content (AvgIpc) is 2.03. The van der Waals surface area contributed by atoms with Crippen LogP contribution in [0.1, 0.15) is 11.4 Å². The Hall–Kier alpha value is 0.400. The van der Waals surface area contributed by atoms with Gasteiger partial charge in [0.15, 0.2) is 0 Å². The second-order valence-electron chi connectivity index (χ2n) is 2.04. The Bertz CT molecular complexity index is 230. The van der Waals surface area contributed by atoms with Gasteiger partial charge in [-0.05, 0) is 12.1 Å². The Kier molecular flexibility index (Phi) is 3.82. The molecule has 1 rings (SSSR count). The van der Waals surface area contributed by atoms with Crippen molar-refractivity contribution in [1.29, 1.82) is 0 Å². The highest BCUT2D eigenvalue weighted by Crippen LogP contribution is 2.15. The summed E-state index contributed by atoms with van der Waals surface area (Å²) in [5, 5.41) is 2.23. The smallest absolute Gasteiger partial charge is 0.0527 e. The van der Waals surface area contributed by atoms with E-state index in [1.54, 1.807) is 0 Å². The zero-order valence-electron chi connectivity index (χ0n) is 5.65. The molecule has 0 aliphatic rings. The maximum absolute atomic E-state index is 5.83. The highest BCUT2D eigenvalue weighted by atomic mass is 79.9. The second kappa shape index (κ2) is 4.43. The summed E-state index contributed by atoms with van der Waals surface area (Å²) >= 11 is 12.5. The molecule has 0 aliphatic heterocycles. The summed E-state index contributed by atoms with van der Waals surface area (Å²) in [5.41, 5.74) is 1.93. The first kappa shape index (κ1) is 9.49. The first-order chi connectivity index (χ1) is 5.26. The zero-order chi connectivity index (χ0) is 8.27. The molecule has 1 nitrogen and oxygen atoms in total. The van der Waals surface area contributed by atoms with E-state index in [0.29, 0.717) is 0 Å². The Labute approximate surface area is 87.4 Å². The van der Waals surface area contributed by atoms with E-state index in [0.717, 1.165) is 27.1 Å². The maximum atomic E-state index is 5.83. The van der Waals surface area contributed by atoms with Gasteiger partial charge in [0.1, 0.15) is 0 Å². The van der Waals surface area contributed by atoms with E-state index >= 15 is 0 Å². The van der Waals surface area contributed by atoms with E-state index in [1.807, 2.05) is 12.1 Å². The highest BCUT2D eigenvalue weighted by molar-refractivity contribution is 9.08. The van der Waals surface area contributed by atoms with E-state index in [2.05, 4.69) is 36.8 Å². The van der Waals surface area contributed by atoms with Gasteiger partial charge in [0.25, 0.3) is 0 Å². The molecule has 0 atom stereocenters. The molecule has 0 aliphatic carbocycles. The molecule has 1 heterocycles. The first-order valence-corrected chi connectivity index (χ1v) is 5.65. The van der Waals surface area contributed by atoms with Crippen LogP contribution in [0.25, 0.3) is 0 Å². The lowest BCUT2D eigenvalue weighted by Crippen LogP contribution is -1.90. The monoisotopic (exact) mass is 297 g/mol. The lowest BCUT2D eigenvalue weighted by molar-refractivity contribution is 1.10. The van der Waals surface area contributed by atoms with Gasteiger partial charge in [-0.3, -0.25) is 4.98 Å². The third-order valence-corrected chi connectivity index (χ3v) is 2.54. The largest absolute Gasteiger partial charge is 0.256 e. The van der Waals surface area contributed by atoms with E-state index in [-0.39, 0.29) is 0 Å². The molecular weight excluding hydrogens is 293 g/mol.